The molecule has 5 nitrogen and oxygen atoms in total. The van der Waals surface area contributed by atoms with E-state index < -0.39 is 6.04 Å². The zero-order valence-corrected chi connectivity index (χ0v) is 13.1. The molecule has 2 rings (SSSR count). The molecular formula is C18H21NO4. The second kappa shape index (κ2) is 8.29. The average Bonchev–Trinajstić information content (AvgIpc) is 2.58. The van der Waals surface area contributed by atoms with Gasteiger partial charge >= 0.3 is 5.97 Å². The number of benzene rings is 2. The monoisotopic (exact) mass is 315 g/mol. The van der Waals surface area contributed by atoms with Crippen molar-refractivity contribution in [3.8, 4) is 0 Å². The molecule has 0 unspecified atom stereocenters. The van der Waals surface area contributed by atoms with Crippen molar-refractivity contribution in [3.05, 3.63) is 48.0 Å². The first kappa shape index (κ1) is 17.0. The Morgan fingerprint density at radius 3 is 2.61 bits per heavy atom. The minimum atomic E-state index is -0.616. The number of fused-ring (bicyclic) bond motifs is 1. The molecule has 2 aromatic carbocycles. The number of amides is 1. The van der Waals surface area contributed by atoms with Crippen LogP contribution in [0.4, 0.5) is 0 Å². The van der Waals surface area contributed by atoms with E-state index in [1.165, 1.54) is 0 Å². The topological polar surface area (TPSA) is 75.6 Å². The summed E-state index contributed by atoms with van der Waals surface area (Å²) in [6.45, 7) is 1.56. The lowest BCUT2D eigenvalue weighted by Crippen LogP contribution is -2.41. The standard InChI is InChI=1S/C18H21NO4/c1-2-5-17(21)23-12-16(11-20)19-18(22)15-9-8-13-6-3-4-7-14(13)10-15/h3-4,6-10,16,20H,2,5,11-12H2,1H3,(H,19,22)/t16-/m0/s1. The summed E-state index contributed by atoms with van der Waals surface area (Å²) < 4.78 is 5.03. The number of aliphatic hydroxyl groups excluding tert-OH is 1. The third-order valence-corrected chi connectivity index (χ3v) is 3.47. The van der Waals surface area contributed by atoms with Crippen LogP contribution in [-0.4, -0.2) is 36.2 Å². The van der Waals surface area contributed by atoms with E-state index >= 15 is 0 Å². The van der Waals surface area contributed by atoms with Crippen LogP contribution in [0, 0.1) is 0 Å². The Morgan fingerprint density at radius 2 is 1.91 bits per heavy atom. The van der Waals surface area contributed by atoms with Crippen molar-refractivity contribution in [2.45, 2.75) is 25.8 Å². The quantitative estimate of drug-likeness (QED) is 0.769. The van der Waals surface area contributed by atoms with Gasteiger partial charge in [0.05, 0.1) is 12.6 Å². The normalized spacial score (nSPS) is 11.9. The molecule has 0 radical (unpaired) electrons. The number of hydrogen-bond acceptors (Lipinski definition) is 4. The zero-order valence-electron chi connectivity index (χ0n) is 13.1. The van der Waals surface area contributed by atoms with E-state index in [1.54, 1.807) is 12.1 Å². The van der Waals surface area contributed by atoms with Crippen LogP contribution in [-0.2, 0) is 9.53 Å². The van der Waals surface area contributed by atoms with Gasteiger partial charge in [0.15, 0.2) is 0 Å². The van der Waals surface area contributed by atoms with E-state index in [4.69, 9.17) is 4.74 Å². The molecule has 1 atom stereocenters. The SMILES string of the molecule is CCCC(=O)OC[C@H](CO)NC(=O)c1ccc2ccccc2c1. The van der Waals surface area contributed by atoms with E-state index in [0.29, 0.717) is 18.4 Å². The number of ether oxygens (including phenoxy) is 1. The van der Waals surface area contributed by atoms with Gasteiger partial charge in [-0.1, -0.05) is 37.3 Å². The number of aliphatic hydroxyl groups is 1. The van der Waals surface area contributed by atoms with Gasteiger partial charge in [-0.25, -0.2) is 0 Å². The number of carbonyl (C=O) groups is 2. The maximum Gasteiger partial charge on any atom is 0.305 e. The largest absolute Gasteiger partial charge is 0.463 e. The van der Waals surface area contributed by atoms with Gasteiger partial charge in [0.1, 0.15) is 6.61 Å². The van der Waals surface area contributed by atoms with Crippen molar-refractivity contribution in [1.29, 1.82) is 0 Å². The van der Waals surface area contributed by atoms with Gasteiger partial charge in [0.25, 0.3) is 5.91 Å². The molecule has 0 saturated carbocycles. The van der Waals surface area contributed by atoms with Crippen LogP contribution in [0.3, 0.4) is 0 Å². The third kappa shape index (κ3) is 4.79. The smallest absolute Gasteiger partial charge is 0.305 e. The fraction of sp³-hybridized carbons (Fsp3) is 0.333. The Balaban J connectivity index is 1.98. The number of carbonyl (C=O) groups excluding carboxylic acids is 2. The van der Waals surface area contributed by atoms with Gasteiger partial charge in [-0.05, 0) is 29.3 Å². The highest BCUT2D eigenvalue weighted by Crippen LogP contribution is 2.15. The highest BCUT2D eigenvalue weighted by Gasteiger charge is 2.15. The minimum Gasteiger partial charge on any atom is -0.463 e. The number of esters is 1. The summed E-state index contributed by atoms with van der Waals surface area (Å²) in [4.78, 5) is 23.6. The molecule has 2 N–H and O–H groups in total. The first-order chi connectivity index (χ1) is 11.1. The third-order valence-electron chi connectivity index (χ3n) is 3.47. The molecule has 0 aliphatic heterocycles. The van der Waals surface area contributed by atoms with E-state index in [0.717, 1.165) is 10.8 Å². The average molecular weight is 315 g/mol. The van der Waals surface area contributed by atoms with Gasteiger partial charge in [-0.2, -0.15) is 0 Å². The van der Waals surface area contributed by atoms with Crippen LogP contribution in [0.15, 0.2) is 42.5 Å². The first-order valence-corrected chi connectivity index (χ1v) is 7.70. The molecule has 0 aliphatic carbocycles. The predicted octanol–water partition coefficient (Wildman–Crippen LogP) is 2.27. The molecule has 0 aliphatic rings. The van der Waals surface area contributed by atoms with Crippen molar-refractivity contribution in [3.63, 3.8) is 0 Å². The lowest BCUT2D eigenvalue weighted by Gasteiger charge is -2.16. The molecule has 0 heterocycles. The minimum absolute atomic E-state index is 0.0331. The summed E-state index contributed by atoms with van der Waals surface area (Å²) in [6, 6.07) is 12.5. The second-order valence-electron chi connectivity index (χ2n) is 5.35. The Morgan fingerprint density at radius 1 is 1.17 bits per heavy atom. The fourth-order valence-electron chi connectivity index (χ4n) is 2.21. The Bertz CT molecular complexity index is 684. The molecule has 122 valence electrons. The van der Waals surface area contributed by atoms with Crippen LogP contribution >= 0.6 is 0 Å². The molecule has 5 heteroatoms. The Kier molecular flexibility index (Phi) is 6.11. The highest BCUT2D eigenvalue weighted by molar-refractivity contribution is 5.98. The van der Waals surface area contributed by atoms with Crippen molar-refractivity contribution in [2.24, 2.45) is 0 Å². The van der Waals surface area contributed by atoms with Crippen LogP contribution in [0.2, 0.25) is 0 Å². The number of rotatable bonds is 7. The molecule has 23 heavy (non-hydrogen) atoms. The van der Waals surface area contributed by atoms with Crippen LogP contribution in [0.25, 0.3) is 10.8 Å². The molecule has 2 aromatic rings. The molecule has 0 spiro atoms. The summed E-state index contributed by atoms with van der Waals surface area (Å²) in [5, 5.41) is 14.0. The maximum absolute atomic E-state index is 12.3. The molecule has 0 saturated heterocycles. The van der Waals surface area contributed by atoms with Crippen molar-refractivity contribution in [2.75, 3.05) is 13.2 Å². The van der Waals surface area contributed by atoms with E-state index in [2.05, 4.69) is 5.32 Å². The summed E-state index contributed by atoms with van der Waals surface area (Å²) in [5.41, 5.74) is 0.502. The summed E-state index contributed by atoms with van der Waals surface area (Å²) >= 11 is 0. The van der Waals surface area contributed by atoms with E-state index in [-0.39, 0.29) is 25.1 Å². The fourth-order valence-corrected chi connectivity index (χ4v) is 2.21. The van der Waals surface area contributed by atoms with Crippen LogP contribution < -0.4 is 5.32 Å². The number of nitrogens with one attached hydrogen (secondary N) is 1. The van der Waals surface area contributed by atoms with Crippen molar-refractivity contribution >= 4 is 22.6 Å². The Labute approximate surface area is 135 Å². The van der Waals surface area contributed by atoms with E-state index in [1.807, 2.05) is 37.3 Å². The molecule has 0 aromatic heterocycles. The second-order valence-corrected chi connectivity index (χ2v) is 5.35. The van der Waals surface area contributed by atoms with Gasteiger partial charge in [0.2, 0.25) is 0 Å². The molecule has 1 amide bonds. The Hall–Kier alpha value is -2.40. The van der Waals surface area contributed by atoms with Gasteiger partial charge in [-0.3, -0.25) is 9.59 Å². The molecular weight excluding hydrogens is 294 g/mol. The molecule has 0 bridgehead atoms. The van der Waals surface area contributed by atoms with Gasteiger partial charge in [0, 0.05) is 12.0 Å². The maximum atomic E-state index is 12.3. The lowest BCUT2D eigenvalue weighted by molar-refractivity contribution is -0.144. The molecule has 0 fully saturated rings. The van der Waals surface area contributed by atoms with Crippen molar-refractivity contribution in [1.82, 2.24) is 5.32 Å². The van der Waals surface area contributed by atoms with E-state index in [9.17, 15) is 14.7 Å². The highest BCUT2D eigenvalue weighted by atomic mass is 16.5. The summed E-state index contributed by atoms with van der Waals surface area (Å²) in [6.07, 6.45) is 1.03. The van der Waals surface area contributed by atoms with Gasteiger partial charge in [-0.15, -0.1) is 0 Å². The van der Waals surface area contributed by atoms with Gasteiger partial charge < -0.3 is 15.2 Å². The zero-order chi connectivity index (χ0) is 16.7. The summed E-state index contributed by atoms with van der Waals surface area (Å²) in [7, 11) is 0. The lowest BCUT2D eigenvalue weighted by atomic mass is 10.1. The van der Waals surface area contributed by atoms with Crippen LogP contribution in [0.1, 0.15) is 30.1 Å². The first-order valence-electron chi connectivity index (χ1n) is 7.70. The number of hydrogen-bond donors (Lipinski definition) is 2. The summed E-state index contributed by atoms with van der Waals surface area (Å²) in [5.74, 6) is -0.632. The van der Waals surface area contributed by atoms with Crippen LogP contribution in [0.5, 0.6) is 0 Å². The predicted molar refractivity (Wildman–Crippen MR) is 88.2 cm³/mol. The van der Waals surface area contributed by atoms with Crippen molar-refractivity contribution < 1.29 is 19.4 Å².